The van der Waals surface area contributed by atoms with Crippen LogP contribution in [0.4, 0.5) is 0 Å². The molecule has 1 saturated heterocycles. The standard InChI is InChI=1S/C43H66O10/c1-24(2)30-20-32(45)27(5)13-11-12-25(3)19-33(46)39-31-18-26(4)14-15-36-41(8,49)17-16-37(53-36)42(9,50)23-35(52-29(7)44)38(31)28(6)21-43(39,22-34(30)47)40(48)51-10/h18,24-25,27,30-31,35-37,39,49-50H,11-17,19-23H2,1-10H3. The largest absolute Gasteiger partial charge is 0.469 e. The van der Waals surface area contributed by atoms with E-state index < -0.39 is 64.6 Å². The third kappa shape index (κ3) is 9.58. The third-order valence-corrected chi connectivity index (χ3v) is 13.0. The van der Waals surface area contributed by atoms with Crippen LogP contribution in [0.15, 0.2) is 22.8 Å². The van der Waals surface area contributed by atoms with Gasteiger partial charge in [0.05, 0.1) is 35.9 Å². The number of ether oxygens (including phenoxy) is 3. The van der Waals surface area contributed by atoms with Crippen LogP contribution in [0.3, 0.4) is 0 Å². The summed E-state index contributed by atoms with van der Waals surface area (Å²) >= 11 is 0. The smallest absolute Gasteiger partial charge is 0.313 e. The van der Waals surface area contributed by atoms with Gasteiger partial charge in [0.1, 0.15) is 23.5 Å². The van der Waals surface area contributed by atoms with E-state index in [0.717, 1.165) is 18.4 Å². The Kier molecular flexibility index (Phi) is 13.8. The van der Waals surface area contributed by atoms with E-state index in [1.807, 2.05) is 47.6 Å². The van der Waals surface area contributed by atoms with E-state index in [9.17, 15) is 29.4 Å². The zero-order valence-corrected chi connectivity index (χ0v) is 33.9. The van der Waals surface area contributed by atoms with E-state index in [-0.39, 0.29) is 67.2 Å². The maximum Gasteiger partial charge on any atom is 0.313 e. The number of hydrogen-bond donors (Lipinski definition) is 2. The first-order chi connectivity index (χ1) is 24.6. The summed E-state index contributed by atoms with van der Waals surface area (Å²) in [4.78, 5) is 70.5. The number of carbonyl (C=O) groups is 5. The molecule has 1 saturated carbocycles. The number of Topliss-reactive ketones (excluding diaryl/α,β-unsaturated/α-hetero) is 3. The Morgan fingerprint density at radius 3 is 2.19 bits per heavy atom. The first-order valence-electron chi connectivity index (χ1n) is 19.9. The molecule has 11 atom stereocenters. The molecule has 2 fully saturated rings. The summed E-state index contributed by atoms with van der Waals surface area (Å²) < 4.78 is 18.0. The van der Waals surface area contributed by atoms with Crippen LogP contribution in [0.2, 0.25) is 0 Å². The summed E-state index contributed by atoms with van der Waals surface area (Å²) in [6, 6.07) is 0. The fourth-order valence-corrected chi connectivity index (χ4v) is 9.92. The summed E-state index contributed by atoms with van der Waals surface area (Å²) in [7, 11) is 1.28. The number of allylic oxidation sites excluding steroid dienone is 3. The average molecular weight is 743 g/mol. The molecule has 0 aromatic carbocycles. The summed E-state index contributed by atoms with van der Waals surface area (Å²) in [5, 5.41) is 23.4. The highest BCUT2D eigenvalue weighted by atomic mass is 16.5. The van der Waals surface area contributed by atoms with Crippen molar-refractivity contribution in [2.24, 2.45) is 40.9 Å². The topological polar surface area (TPSA) is 154 Å². The summed E-state index contributed by atoms with van der Waals surface area (Å²) in [6.45, 7) is 16.2. The van der Waals surface area contributed by atoms with E-state index in [4.69, 9.17) is 14.2 Å². The Morgan fingerprint density at radius 1 is 0.906 bits per heavy atom. The van der Waals surface area contributed by atoms with Crippen LogP contribution in [0.25, 0.3) is 0 Å². The van der Waals surface area contributed by atoms with Crippen LogP contribution in [-0.2, 0) is 38.2 Å². The van der Waals surface area contributed by atoms with Crippen LogP contribution < -0.4 is 0 Å². The zero-order valence-electron chi connectivity index (χ0n) is 33.9. The molecule has 298 valence electrons. The molecule has 53 heavy (non-hydrogen) atoms. The molecule has 10 heteroatoms. The van der Waals surface area contributed by atoms with Crippen molar-refractivity contribution in [1.82, 2.24) is 0 Å². The maximum atomic E-state index is 15.1. The van der Waals surface area contributed by atoms with Gasteiger partial charge in [-0.1, -0.05) is 57.8 Å². The SMILES string of the molecule is COC(=O)C12CC(=O)C(C(C)C)CC(=O)C(C)CCCC(C)CC(=O)C1C1C=C(C)CCC3OC(CCC3(C)O)C(C)(O)CC(OC(C)=O)C1=C(C)C2. The summed E-state index contributed by atoms with van der Waals surface area (Å²) in [6.07, 6.45) is 3.59. The highest BCUT2D eigenvalue weighted by Crippen LogP contribution is 2.55. The van der Waals surface area contributed by atoms with Gasteiger partial charge in [-0.2, -0.15) is 0 Å². The Labute approximate surface area is 316 Å². The summed E-state index contributed by atoms with van der Waals surface area (Å²) in [5.41, 5.74) is -1.99. The maximum absolute atomic E-state index is 15.1. The fourth-order valence-electron chi connectivity index (χ4n) is 9.92. The zero-order chi connectivity index (χ0) is 39.6. The van der Waals surface area contributed by atoms with Gasteiger partial charge < -0.3 is 24.4 Å². The minimum Gasteiger partial charge on any atom is -0.469 e. The minimum atomic E-state index is -1.59. The number of methoxy groups -OCH3 is 1. The molecule has 2 bridgehead atoms. The normalized spacial score (nSPS) is 39.8. The molecule has 11 unspecified atom stereocenters. The van der Waals surface area contributed by atoms with Crippen molar-refractivity contribution >= 4 is 29.3 Å². The fraction of sp³-hybridized carbons (Fsp3) is 0.791. The van der Waals surface area contributed by atoms with Gasteiger partial charge >= 0.3 is 11.9 Å². The van der Waals surface area contributed by atoms with Crippen LogP contribution in [0.1, 0.15) is 139 Å². The second-order valence-corrected chi connectivity index (χ2v) is 18.1. The molecular weight excluding hydrogens is 676 g/mol. The van der Waals surface area contributed by atoms with Gasteiger partial charge in [-0.25, -0.2) is 0 Å². The number of fused-ring (bicyclic) bond motifs is 5. The second kappa shape index (κ2) is 17.0. The number of esters is 2. The molecule has 2 heterocycles. The van der Waals surface area contributed by atoms with Crippen molar-refractivity contribution in [3.05, 3.63) is 22.8 Å². The van der Waals surface area contributed by atoms with Crippen molar-refractivity contribution in [2.75, 3.05) is 7.11 Å². The van der Waals surface area contributed by atoms with Crippen molar-refractivity contribution in [3.8, 4) is 0 Å². The Balaban J connectivity index is 2.01. The molecule has 4 rings (SSSR count). The molecule has 0 amide bonds. The highest BCUT2D eigenvalue weighted by Gasteiger charge is 2.59. The van der Waals surface area contributed by atoms with Crippen LogP contribution in [-0.4, -0.2) is 76.1 Å². The molecule has 4 aliphatic rings. The van der Waals surface area contributed by atoms with Gasteiger partial charge in [0, 0.05) is 56.3 Å². The lowest BCUT2D eigenvalue weighted by molar-refractivity contribution is -0.220. The number of ketones is 3. The number of aliphatic hydroxyl groups is 2. The number of rotatable bonds is 3. The van der Waals surface area contributed by atoms with Gasteiger partial charge in [-0.05, 0) is 83.6 Å². The number of hydrogen-bond acceptors (Lipinski definition) is 10. The quantitative estimate of drug-likeness (QED) is 0.233. The van der Waals surface area contributed by atoms with E-state index >= 15 is 4.79 Å². The Hall–Kier alpha value is -2.69. The predicted octanol–water partition coefficient (Wildman–Crippen LogP) is 6.82. The monoisotopic (exact) mass is 742 g/mol. The molecule has 0 radical (unpaired) electrons. The van der Waals surface area contributed by atoms with E-state index in [0.29, 0.717) is 43.3 Å². The summed E-state index contributed by atoms with van der Waals surface area (Å²) in [5.74, 6) is -4.51. The lowest BCUT2D eigenvalue weighted by atomic mass is 9.54. The molecule has 2 aliphatic carbocycles. The van der Waals surface area contributed by atoms with Crippen molar-refractivity contribution in [3.63, 3.8) is 0 Å². The third-order valence-electron chi connectivity index (χ3n) is 13.0. The van der Waals surface area contributed by atoms with Crippen LogP contribution in [0.5, 0.6) is 0 Å². The predicted molar refractivity (Wildman–Crippen MR) is 200 cm³/mol. The van der Waals surface area contributed by atoms with E-state index in [1.54, 1.807) is 13.8 Å². The number of carbonyl (C=O) groups excluding carboxylic acids is 5. The lowest BCUT2D eigenvalue weighted by Crippen LogP contribution is -2.56. The van der Waals surface area contributed by atoms with E-state index in [1.165, 1.54) is 14.0 Å². The molecule has 10 nitrogen and oxygen atoms in total. The lowest BCUT2D eigenvalue weighted by Gasteiger charge is -2.50. The molecule has 2 N–H and O–H groups in total. The van der Waals surface area contributed by atoms with E-state index in [2.05, 4.69) is 0 Å². The Bertz CT molecular complexity index is 1470. The van der Waals surface area contributed by atoms with Crippen molar-refractivity contribution in [1.29, 1.82) is 0 Å². The first kappa shape index (κ1) is 43.0. The molecular formula is C43H66O10. The van der Waals surface area contributed by atoms with Crippen molar-refractivity contribution in [2.45, 2.75) is 169 Å². The van der Waals surface area contributed by atoms with Crippen LogP contribution in [0, 0.1) is 40.9 Å². The Morgan fingerprint density at radius 2 is 1.57 bits per heavy atom. The van der Waals surface area contributed by atoms with Gasteiger partial charge in [0.2, 0.25) is 0 Å². The van der Waals surface area contributed by atoms with Gasteiger partial charge in [0.15, 0.2) is 0 Å². The first-order valence-corrected chi connectivity index (χ1v) is 19.9. The highest BCUT2D eigenvalue weighted by molar-refractivity contribution is 5.96. The minimum absolute atomic E-state index is 0.00879. The van der Waals surface area contributed by atoms with Gasteiger partial charge in [-0.3, -0.25) is 24.0 Å². The molecule has 0 aromatic heterocycles. The van der Waals surface area contributed by atoms with Crippen molar-refractivity contribution < 1.29 is 48.4 Å². The second-order valence-electron chi connectivity index (χ2n) is 18.1. The average Bonchev–Trinajstić information content (AvgIpc) is 3.03. The molecule has 0 spiro atoms. The van der Waals surface area contributed by atoms with Gasteiger partial charge in [-0.15, -0.1) is 0 Å². The van der Waals surface area contributed by atoms with Crippen LogP contribution >= 0.6 is 0 Å². The molecule has 2 aliphatic heterocycles. The van der Waals surface area contributed by atoms with Gasteiger partial charge in [0.25, 0.3) is 0 Å². The molecule has 0 aromatic rings.